The van der Waals surface area contributed by atoms with Gasteiger partial charge < -0.3 is 0 Å². The molecule has 0 heterocycles. The fraction of sp³-hybridized carbons (Fsp3) is 0.615. The Morgan fingerprint density at radius 1 is 1.44 bits per heavy atom. The molecule has 0 spiro atoms. The number of hydrogen-bond acceptors (Lipinski definition) is 3. The first-order chi connectivity index (χ1) is 7.73. The van der Waals surface area contributed by atoms with Crippen molar-refractivity contribution in [1.29, 1.82) is 5.26 Å². The maximum atomic E-state index is 8.37. The zero-order valence-electron chi connectivity index (χ0n) is 9.95. The van der Waals surface area contributed by atoms with E-state index in [4.69, 9.17) is 5.26 Å². The highest BCUT2D eigenvalue weighted by molar-refractivity contribution is 5.72. The maximum Gasteiger partial charge on any atom is 0.126 e. The summed E-state index contributed by atoms with van der Waals surface area (Å²) in [5, 5.41) is 8.37. The van der Waals surface area contributed by atoms with Gasteiger partial charge >= 0.3 is 0 Å². The predicted octanol–water partition coefficient (Wildman–Crippen LogP) is 3.14. The van der Waals surface area contributed by atoms with E-state index in [1.807, 2.05) is 12.1 Å². The summed E-state index contributed by atoms with van der Waals surface area (Å²) in [5.74, 6) is 0. The molecule has 1 aliphatic carbocycles. The van der Waals surface area contributed by atoms with Crippen LogP contribution in [-0.4, -0.2) is 19.5 Å². The van der Waals surface area contributed by atoms with Gasteiger partial charge in [0.25, 0.3) is 0 Å². The van der Waals surface area contributed by atoms with Gasteiger partial charge in [-0.2, -0.15) is 5.26 Å². The van der Waals surface area contributed by atoms with Crippen LogP contribution in [0.4, 0.5) is 0 Å². The van der Waals surface area contributed by atoms with Gasteiger partial charge in [-0.3, -0.25) is 9.98 Å². The molecule has 0 aliphatic heterocycles. The van der Waals surface area contributed by atoms with Gasteiger partial charge in [0.1, 0.15) is 6.54 Å². The Labute approximate surface area is 97.6 Å². The molecule has 0 unspecified atom stereocenters. The van der Waals surface area contributed by atoms with E-state index in [0.29, 0.717) is 0 Å². The monoisotopic (exact) mass is 217 g/mol. The molecule has 0 atom stereocenters. The van der Waals surface area contributed by atoms with Gasteiger partial charge in [-0.15, -0.1) is 0 Å². The molecule has 3 heteroatoms. The molecular weight excluding hydrogens is 198 g/mol. The average molecular weight is 217 g/mol. The third-order valence-corrected chi connectivity index (χ3v) is 3.25. The summed E-state index contributed by atoms with van der Waals surface area (Å²) in [6, 6.07) is 1.98. The van der Waals surface area contributed by atoms with Crippen LogP contribution >= 0.6 is 0 Å². The molecule has 3 nitrogen and oxygen atoms in total. The van der Waals surface area contributed by atoms with Crippen LogP contribution in [-0.2, 0) is 0 Å². The predicted molar refractivity (Wildman–Crippen MR) is 67.8 cm³/mol. The molecule has 16 heavy (non-hydrogen) atoms. The Morgan fingerprint density at radius 2 is 2.12 bits per heavy atom. The Bertz CT molecular complexity index is 328. The summed E-state index contributed by atoms with van der Waals surface area (Å²) in [5.41, 5.74) is 1.16. The number of nitriles is 1. The normalized spacial score (nSPS) is 20.6. The van der Waals surface area contributed by atoms with Gasteiger partial charge in [-0.25, -0.2) is 0 Å². The minimum Gasteiger partial charge on any atom is -0.278 e. The van der Waals surface area contributed by atoms with Crippen molar-refractivity contribution in [3.8, 4) is 6.07 Å². The summed E-state index contributed by atoms with van der Waals surface area (Å²) < 4.78 is 0. The van der Waals surface area contributed by atoms with Gasteiger partial charge in [0, 0.05) is 17.3 Å². The van der Waals surface area contributed by atoms with Gasteiger partial charge in [0.2, 0.25) is 0 Å². The van der Waals surface area contributed by atoms with Crippen LogP contribution in [0.3, 0.4) is 0 Å². The van der Waals surface area contributed by atoms with Gasteiger partial charge in [-0.05, 0) is 25.6 Å². The molecule has 0 bridgehead atoms. The first-order valence-electron chi connectivity index (χ1n) is 5.77. The van der Waals surface area contributed by atoms with E-state index in [1.165, 1.54) is 32.1 Å². The van der Waals surface area contributed by atoms with Crippen LogP contribution < -0.4 is 0 Å². The highest BCUT2D eigenvalue weighted by Crippen LogP contribution is 2.42. The van der Waals surface area contributed by atoms with E-state index >= 15 is 0 Å². The van der Waals surface area contributed by atoms with Crippen LogP contribution in [0.15, 0.2) is 21.8 Å². The van der Waals surface area contributed by atoms with Crippen LogP contribution in [0.2, 0.25) is 0 Å². The lowest BCUT2D eigenvalue weighted by molar-refractivity contribution is 0.265. The molecule has 1 aliphatic rings. The van der Waals surface area contributed by atoms with Crippen LogP contribution in [0.1, 0.15) is 39.0 Å². The third-order valence-electron chi connectivity index (χ3n) is 3.25. The second-order valence-corrected chi connectivity index (χ2v) is 4.48. The lowest BCUT2D eigenvalue weighted by Gasteiger charge is -2.33. The lowest BCUT2D eigenvalue weighted by atomic mass is 9.73. The molecule has 0 aromatic rings. The van der Waals surface area contributed by atoms with E-state index in [1.54, 1.807) is 6.21 Å². The molecule has 0 saturated heterocycles. The summed E-state index contributed by atoms with van der Waals surface area (Å²) in [4.78, 5) is 8.07. The van der Waals surface area contributed by atoms with Crippen molar-refractivity contribution in [3.05, 3.63) is 11.8 Å². The first kappa shape index (κ1) is 12.6. The SMILES string of the molecule is C=N/C(=C\C=N/CC#N)C1(C)CCCCC1. The van der Waals surface area contributed by atoms with E-state index < -0.39 is 0 Å². The van der Waals surface area contributed by atoms with Crippen molar-refractivity contribution < 1.29 is 0 Å². The lowest BCUT2D eigenvalue weighted by Crippen LogP contribution is -2.22. The van der Waals surface area contributed by atoms with Crippen molar-refractivity contribution >= 4 is 12.9 Å². The largest absolute Gasteiger partial charge is 0.278 e. The van der Waals surface area contributed by atoms with Crippen LogP contribution in [0.5, 0.6) is 0 Å². The molecular formula is C13H19N3. The van der Waals surface area contributed by atoms with Crippen molar-refractivity contribution in [2.75, 3.05) is 6.54 Å². The summed E-state index contributed by atoms with van der Waals surface area (Å²) in [7, 11) is 0. The van der Waals surface area contributed by atoms with Crippen LogP contribution in [0, 0.1) is 16.7 Å². The minimum absolute atomic E-state index is 0.151. The van der Waals surface area contributed by atoms with E-state index in [9.17, 15) is 0 Å². The zero-order chi connectivity index (χ0) is 11.9. The smallest absolute Gasteiger partial charge is 0.126 e. The minimum atomic E-state index is 0.151. The van der Waals surface area contributed by atoms with E-state index in [2.05, 4.69) is 23.6 Å². The number of allylic oxidation sites excluding steroid dienone is 2. The molecule has 1 fully saturated rings. The number of hydrogen-bond donors (Lipinski definition) is 0. The van der Waals surface area contributed by atoms with E-state index in [-0.39, 0.29) is 12.0 Å². The van der Waals surface area contributed by atoms with Gasteiger partial charge in [0.05, 0.1) is 6.07 Å². The highest BCUT2D eigenvalue weighted by Gasteiger charge is 2.30. The van der Waals surface area contributed by atoms with Crippen molar-refractivity contribution in [2.45, 2.75) is 39.0 Å². The second-order valence-electron chi connectivity index (χ2n) is 4.48. The standard InChI is InChI=1S/C13H19N3/c1-13(7-4-3-5-8-13)12(15-2)6-10-16-11-9-14/h6,10H,2-5,7-8,11H2,1H3/b12-6-,16-10-. The first-order valence-corrected chi connectivity index (χ1v) is 5.77. The zero-order valence-corrected chi connectivity index (χ0v) is 9.95. The molecule has 0 amide bonds. The topological polar surface area (TPSA) is 48.5 Å². The number of aliphatic imine (C=N–C) groups is 2. The maximum absolute atomic E-state index is 8.37. The molecule has 0 radical (unpaired) electrons. The third kappa shape index (κ3) is 3.30. The Kier molecular flexibility index (Phi) is 4.91. The van der Waals surface area contributed by atoms with Gasteiger partial charge in [0.15, 0.2) is 0 Å². The van der Waals surface area contributed by atoms with Crippen molar-refractivity contribution in [1.82, 2.24) is 0 Å². The van der Waals surface area contributed by atoms with Crippen LogP contribution in [0.25, 0.3) is 0 Å². The fourth-order valence-electron chi connectivity index (χ4n) is 2.25. The quantitative estimate of drug-likeness (QED) is 0.527. The van der Waals surface area contributed by atoms with E-state index in [0.717, 1.165) is 5.70 Å². The molecule has 0 aromatic heterocycles. The number of nitrogens with zero attached hydrogens (tertiary/aromatic N) is 3. The Balaban J connectivity index is 2.72. The molecule has 0 N–H and O–H groups in total. The van der Waals surface area contributed by atoms with Crippen molar-refractivity contribution in [3.63, 3.8) is 0 Å². The number of rotatable bonds is 4. The highest BCUT2D eigenvalue weighted by atomic mass is 14.8. The second kappa shape index (κ2) is 6.22. The molecule has 86 valence electrons. The Morgan fingerprint density at radius 3 is 2.69 bits per heavy atom. The summed E-state index contributed by atoms with van der Waals surface area (Å²) >= 11 is 0. The molecule has 1 rings (SSSR count). The fourth-order valence-corrected chi connectivity index (χ4v) is 2.25. The Hall–Kier alpha value is -1.43. The molecule has 1 saturated carbocycles. The molecule has 0 aromatic carbocycles. The van der Waals surface area contributed by atoms with Gasteiger partial charge in [-0.1, -0.05) is 26.2 Å². The summed E-state index contributed by atoms with van der Waals surface area (Å²) in [6.45, 7) is 6.08. The summed E-state index contributed by atoms with van der Waals surface area (Å²) in [6.07, 6.45) is 9.76. The van der Waals surface area contributed by atoms with Crippen molar-refractivity contribution in [2.24, 2.45) is 15.4 Å². The average Bonchev–Trinajstić information content (AvgIpc) is 2.30.